The number of halogens is 3. The topological polar surface area (TPSA) is 126 Å². The molecule has 0 bridgehead atoms. The first-order valence-corrected chi connectivity index (χ1v) is 20.1. The lowest BCUT2D eigenvalue weighted by atomic mass is 9.95. The summed E-state index contributed by atoms with van der Waals surface area (Å²) in [5, 5.41) is 7.92. The number of carbonyl (C=O) groups excluding carboxylic acids is 3. The first-order valence-electron chi connectivity index (χ1n) is 20.1. The van der Waals surface area contributed by atoms with Crippen LogP contribution in [0.25, 0.3) is 22.0 Å². The number of hydrogen-bond acceptors (Lipinski definition) is 8. The molecular weight excluding hydrogens is 762 g/mol. The average molecular weight is 807 g/mol. The molecule has 8 rings (SSSR count). The Labute approximate surface area is 339 Å². The molecule has 3 amide bonds. The van der Waals surface area contributed by atoms with Crippen molar-refractivity contribution < 1.29 is 27.6 Å². The van der Waals surface area contributed by atoms with E-state index in [2.05, 4.69) is 25.0 Å². The highest BCUT2D eigenvalue weighted by Gasteiger charge is 2.31. The smallest absolute Gasteiger partial charge is 0.272 e. The molecule has 0 atom stereocenters. The van der Waals surface area contributed by atoms with Gasteiger partial charge in [-0.3, -0.25) is 29.1 Å². The van der Waals surface area contributed by atoms with Crippen molar-refractivity contribution in [2.24, 2.45) is 5.92 Å². The molecule has 12 nitrogen and oxygen atoms in total. The highest BCUT2D eigenvalue weighted by molar-refractivity contribution is 5.96. The van der Waals surface area contributed by atoms with Gasteiger partial charge in [0.05, 0.1) is 28.9 Å². The van der Waals surface area contributed by atoms with Crippen LogP contribution in [-0.4, -0.2) is 136 Å². The van der Waals surface area contributed by atoms with Gasteiger partial charge in [-0.2, -0.15) is 5.10 Å². The number of H-pyrrole nitrogens is 1. The number of nitrogens with zero attached hydrogens (tertiary/aromatic N) is 7. The van der Waals surface area contributed by atoms with Crippen molar-refractivity contribution in [1.82, 2.24) is 39.7 Å². The lowest BCUT2D eigenvalue weighted by Crippen LogP contribution is -2.55. The van der Waals surface area contributed by atoms with Gasteiger partial charge in [-0.25, -0.2) is 18.3 Å². The van der Waals surface area contributed by atoms with Crippen molar-refractivity contribution in [2.45, 2.75) is 19.3 Å². The SMILES string of the molecule is O=C(CN1CCN(CC2CCN(C(=O)c3c(F)cc(-c4ccccn4)cc3F)CC2)CC1)N1CCN(C(=O)c2cc(Cc3n[nH]c(=O)c4ccccc34)ccc2F)CC1. The summed E-state index contributed by atoms with van der Waals surface area (Å²) in [7, 11) is 0. The van der Waals surface area contributed by atoms with Crippen LogP contribution < -0.4 is 5.56 Å². The largest absolute Gasteiger partial charge is 0.338 e. The van der Waals surface area contributed by atoms with E-state index in [1.807, 2.05) is 12.1 Å². The van der Waals surface area contributed by atoms with E-state index < -0.39 is 34.8 Å². The normalized spacial score (nSPS) is 17.1. The van der Waals surface area contributed by atoms with Gasteiger partial charge in [0.2, 0.25) is 5.91 Å². The molecule has 3 aliphatic rings. The van der Waals surface area contributed by atoms with Crippen molar-refractivity contribution in [3.63, 3.8) is 0 Å². The molecule has 306 valence electrons. The van der Waals surface area contributed by atoms with Crippen molar-refractivity contribution in [1.29, 1.82) is 0 Å². The Bertz CT molecular complexity index is 2380. The summed E-state index contributed by atoms with van der Waals surface area (Å²) in [6, 6.07) is 19.0. The summed E-state index contributed by atoms with van der Waals surface area (Å²) in [6.45, 7) is 6.34. The second kappa shape index (κ2) is 17.5. The van der Waals surface area contributed by atoms with Gasteiger partial charge < -0.3 is 19.6 Å². The van der Waals surface area contributed by atoms with E-state index in [4.69, 9.17) is 0 Å². The summed E-state index contributed by atoms with van der Waals surface area (Å²) in [4.78, 5) is 65.7. The van der Waals surface area contributed by atoms with E-state index in [1.165, 1.54) is 17.0 Å². The second-order valence-corrected chi connectivity index (χ2v) is 15.6. The number of likely N-dealkylation sites (tertiary alicyclic amines) is 1. The Morgan fingerprint density at radius 2 is 1.32 bits per heavy atom. The summed E-state index contributed by atoms with van der Waals surface area (Å²) >= 11 is 0. The van der Waals surface area contributed by atoms with Gasteiger partial charge in [-0.15, -0.1) is 0 Å². The minimum Gasteiger partial charge on any atom is -0.338 e. The number of carbonyl (C=O) groups is 3. The number of piperidine rings is 1. The van der Waals surface area contributed by atoms with E-state index in [9.17, 15) is 19.2 Å². The highest BCUT2D eigenvalue weighted by Crippen LogP contribution is 2.27. The third-order valence-electron chi connectivity index (χ3n) is 11.8. The van der Waals surface area contributed by atoms with Crippen LogP contribution in [0.4, 0.5) is 13.2 Å². The maximum absolute atomic E-state index is 15.0. The number of pyridine rings is 1. The Kier molecular flexibility index (Phi) is 11.8. The molecule has 3 saturated heterocycles. The predicted octanol–water partition coefficient (Wildman–Crippen LogP) is 4.45. The number of aromatic amines is 1. The van der Waals surface area contributed by atoms with Gasteiger partial charge in [0, 0.05) is 95.6 Å². The van der Waals surface area contributed by atoms with E-state index in [-0.39, 0.29) is 29.1 Å². The standard InChI is InChI=1S/C44H45F3N8O4/c45-35-9-8-30(24-39-32-5-1-2-6-33(32)42(57)50-49-39)23-34(35)43(58)55-21-19-53(20-22-55)40(56)28-52-17-15-51(16-18-52)27-29-10-13-54(14-11-29)44(59)41-36(46)25-31(26-37(41)47)38-7-3-4-12-48-38/h1-9,12,23,25-26,29H,10-11,13-22,24,27-28H2,(H,50,57). The van der Waals surface area contributed by atoms with Crippen molar-refractivity contribution >= 4 is 28.5 Å². The molecule has 15 heteroatoms. The fourth-order valence-electron chi connectivity index (χ4n) is 8.40. The Morgan fingerprint density at radius 1 is 0.678 bits per heavy atom. The van der Waals surface area contributed by atoms with Crippen LogP contribution in [0, 0.1) is 23.4 Å². The second-order valence-electron chi connectivity index (χ2n) is 15.6. The molecule has 0 saturated carbocycles. The van der Waals surface area contributed by atoms with Crippen LogP contribution in [0.2, 0.25) is 0 Å². The van der Waals surface area contributed by atoms with Crippen LogP contribution in [0.5, 0.6) is 0 Å². The number of rotatable bonds is 9. The maximum Gasteiger partial charge on any atom is 0.272 e. The maximum atomic E-state index is 15.0. The van der Waals surface area contributed by atoms with Gasteiger partial charge in [0.15, 0.2) is 0 Å². The van der Waals surface area contributed by atoms with Crippen LogP contribution in [0.1, 0.15) is 44.8 Å². The summed E-state index contributed by atoms with van der Waals surface area (Å²) in [5.74, 6) is -3.14. The monoisotopic (exact) mass is 806 g/mol. The number of piperazine rings is 2. The number of fused-ring (bicyclic) bond motifs is 1. The van der Waals surface area contributed by atoms with Crippen LogP contribution >= 0.6 is 0 Å². The molecule has 3 aromatic carbocycles. The third-order valence-corrected chi connectivity index (χ3v) is 11.8. The number of amides is 3. The van der Waals surface area contributed by atoms with Gasteiger partial charge in [0.1, 0.15) is 23.0 Å². The molecule has 2 aromatic heterocycles. The number of benzene rings is 3. The number of hydrogen-bond donors (Lipinski definition) is 1. The highest BCUT2D eigenvalue weighted by atomic mass is 19.1. The Balaban J connectivity index is 0.765. The fourth-order valence-corrected chi connectivity index (χ4v) is 8.40. The molecule has 0 spiro atoms. The summed E-state index contributed by atoms with van der Waals surface area (Å²) in [6.07, 6.45) is 3.31. The van der Waals surface area contributed by atoms with E-state index in [1.54, 1.807) is 52.4 Å². The molecule has 0 unspecified atom stereocenters. The number of nitrogens with one attached hydrogen (secondary N) is 1. The fraction of sp³-hybridized carbons (Fsp3) is 0.364. The van der Waals surface area contributed by atoms with Crippen LogP contribution in [0.15, 0.2) is 83.8 Å². The number of aromatic nitrogens is 3. The molecule has 59 heavy (non-hydrogen) atoms. The van der Waals surface area contributed by atoms with E-state index in [0.29, 0.717) is 79.3 Å². The zero-order chi connectivity index (χ0) is 41.0. The van der Waals surface area contributed by atoms with Gasteiger partial charge in [-0.1, -0.05) is 30.3 Å². The summed E-state index contributed by atoms with van der Waals surface area (Å²) < 4.78 is 45.1. The third kappa shape index (κ3) is 8.91. The van der Waals surface area contributed by atoms with Crippen molar-refractivity contribution in [3.05, 3.63) is 129 Å². The van der Waals surface area contributed by atoms with Crippen LogP contribution in [0.3, 0.4) is 0 Å². The molecule has 1 N–H and O–H groups in total. The zero-order valence-corrected chi connectivity index (χ0v) is 32.6. The Morgan fingerprint density at radius 3 is 2.02 bits per heavy atom. The Hall–Kier alpha value is -5.93. The lowest BCUT2D eigenvalue weighted by molar-refractivity contribution is -0.134. The van der Waals surface area contributed by atoms with Crippen molar-refractivity contribution in [3.8, 4) is 11.3 Å². The summed E-state index contributed by atoms with van der Waals surface area (Å²) in [5.41, 5.74) is 1.13. The van der Waals surface area contributed by atoms with E-state index >= 15 is 13.2 Å². The quantitative estimate of drug-likeness (QED) is 0.232. The minimum absolute atomic E-state index is 0.00404. The first-order chi connectivity index (χ1) is 28.6. The molecule has 5 aromatic rings. The lowest BCUT2D eigenvalue weighted by Gasteiger charge is -2.40. The van der Waals surface area contributed by atoms with Crippen LogP contribution in [-0.2, 0) is 11.2 Å². The van der Waals surface area contributed by atoms with E-state index in [0.717, 1.165) is 57.7 Å². The van der Waals surface area contributed by atoms with Crippen molar-refractivity contribution in [2.75, 3.05) is 78.5 Å². The zero-order valence-electron chi connectivity index (χ0n) is 32.6. The molecule has 5 heterocycles. The minimum atomic E-state index is -0.894. The predicted molar refractivity (Wildman–Crippen MR) is 215 cm³/mol. The molecule has 3 fully saturated rings. The molecular formula is C44H45F3N8O4. The van der Waals surface area contributed by atoms with Gasteiger partial charge in [-0.05, 0) is 66.8 Å². The average Bonchev–Trinajstić information content (AvgIpc) is 3.26. The first kappa shape index (κ1) is 39.9. The van der Waals surface area contributed by atoms with Gasteiger partial charge >= 0.3 is 0 Å². The molecule has 3 aliphatic heterocycles. The molecule has 0 aliphatic carbocycles. The van der Waals surface area contributed by atoms with Gasteiger partial charge in [0.25, 0.3) is 17.4 Å². The molecule has 0 radical (unpaired) electrons.